The SMILES string of the molecule is CC1(C)COC2(OC1)c1c(ccc(Oc3cc(F)cc(C#N)c3)c1C(F)F)C(F)(F)C2(F)F. The van der Waals surface area contributed by atoms with Gasteiger partial charge in [0.2, 0.25) is 0 Å². The molecule has 11 heteroatoms. The zero-order valence-electron chi connectivity index (χ0n) is 17.2. The van der Waals surface area contributed by atoms with E-state index in [1.54, 1.807) is 19.9 Å². The smallest absolute Gasteiger partial charge is 0.371 e. The third-order valence-corrected chi connectivity index (χ3v) is 5.46. The van der Waals surface area contributed by atoms with E-state index >= 15 is 8.78 Å². The van der Waals surface area contributed by atoms with Crippen molar-refractivity contribution in [3.05, 3.63) is 58.4 Å². The van der Waals surface area contributed by atoms with Crippen molar-refractivity contribution in [3.63, 3.8) is 0 Å². The highest BCUT2D eigenvalue weighted by molar-refractivity contribution is 5.56. The molecule has 0 atom stereocenters. The van der Waals surface area contributed by atoms with Crippen LogP contribution in [0.3, 0.4) is 0 Å². The third kappa shape index (κ3) is 3.35. The van der Waals surface area contributed by atoms with E-state index in [0.717, 1.165) is 18.2 Å². The highest BCUT2D eigenvalue weighted by atomic mass is 19.3. The fourth-order valence-corrected chi connectivity index (χ4v) is 3.87. The van der Waals surface area contributed by atoms with Crippen molar-refractivity contribution >= 4 is 0 Å². The van der Waals surface area contributed by atoms with E-state index in [9.17, 15) is 22.0 Å². The Balaban J connectivity index is 1.93. The summed E-state index contributed by atoms with van der Waals surface area (Å²) < 4.78 is 117. The van der Waals surface area contributed by atoms with Gasteiger partial charge in [0.05, 0.1) is 30.4 Å². The minimum Gasteiger partial charge on any atom is -0.457 e. The Labute approximate surface area is 183 Å². The van der Waals surface area contributed by atoms with Crippen LogP contribution in [-0.4, -0.2) is 19.1 Å². The Hall–Kier alpha value is -2.84. The van der Waals surface area contributed by atoms with Gasteiger partial charge in [-0.15, -0.1) is 0 Å². The number of hydrogen-bond donors (Lipinski definition) is 0. The second-order valence-corrected chi connectivity index (χ2v) is 8.60. The number of benzene rings is 2. The predicted molar refractivity (Wildman–Crippen MR) is 98.8 cm³/mol. The second-order valence-electron chi connectivity index (χ2n) is 8.60. The Morgan fingerprint density at radius 1 is 1.03 bits per heavy atom. The summed E-state index contributed by atoms with van der Waals surface area (Å²) >= 11 is 0. The first kappa shape index (κ1) is 23.3. The van der Waals surface area contributed by atoms with Crippen molar-refractivity contribution in [1.82, 2.24) is 0 Å². The van der Waals surface area contributed by atoms with E-state index in [0.29, 0.717) is 12.1 Å². The summed E-state index contributed by atoms with van der Waals surface area (Å²) in [6.45, 7) is 2.19. The van der Waals surface area contributed by atoms with Crippen molar-refractivity contribution in [2.75, 3.05) is 13.2 Å². The van der Waals surface area contributed by atoms with E-state index in [-0.39, 0.29) is 5.56 Å². The molecule has 0 aromatic heterocycles. The van der Waals surface area contributed by atoms with Crippen LogP contribution in [-0.2, 0) is 21.2 Å². The quantitative estimate of drug-likeness (QED) is 0.483. The lowest BCUT2D eigenvalue weighted by Crippen LogP contribution is -2.57. The molecule has 4 rings (SSSR count). The molecule has 1 saturated heterocycles. The van der Waals surface area contributed by atoms with Crippen molar-refractivity contribution in [2.24, 2.45) is 5.41 Å². The van der Waals surface area contributed by atoms with Gasteiger partial charge in [-0.3, -0.25) is 0 Å². The summed E-state index contributed by atoms with van der Waals surface area (Å²) in [4.78, 5) is 0. The number of nitrogens with zero attached hydrogens (tertiary/aromatic N) is 1. The number of halogens is 7. The highest BCUT2D eigenvalue weighted by Gasteiger charge is 2.80. The third-order valence-electron chi connectivity index (χ3n) is 5.46. The Morgan fingerprint density at radius 3 is 2.24 bits per heavy atom. The molecule has 0 bridgehead atoms. The number of fused-ring (bicyclic) bond motifs is 2. The molecule has 176 valence electrons. The van der Waals surface area contributed by atoms with Crippen LogP contribution in [0.4, 0.5) is 30.7 Å². The molecule has 1 aliphatic heterocycles. The van der Waals surface area contributed by atoms with Crippen LogP contribution in [0.1, 0.15) is 42.5 Å². The molecule has 0 unspecified atom stereocenters. The monoisotopic (exact) mass is 475 g/mol. The van der Waals surface area contributed by atoms with Gasteiger partial charge in [-0.1, -0.05) is 13.8 Å². The second kappa shape index (κ2) is 7.33. The minimum atomic E-state index is -5.02. The van der Waals surface area contributed by atoms with Gasteiger partial charge in [0.25, 0.3) is 12.2 Å². The average molecular weight is 475 g/mol. The summed E-state index contributed by atoms with van der Waals surface area (Å²) in [5, 5.41) is 8.95. The molecule has 1 aliphatic carbocycles. The lowest BCUT2D eigenvalue weighted by Gasteiger charge is -2.45. The largest absolute Gasteiger partial charge is 0.457 e. The van der Waals surface area contributed by atoms with Crippen LogP contribution < -0.4 is 4.74 Å². The van der Waals surface area contributed by atoms with Gasteiger partial charge in [-0.2, -0.15) is 22.8 Å². The standard InChI is InChI=1S/C22H16F7NO3/c1-19(2)9-31-21(32-10-19)17-14(20(26,27)22(21,28)29)3-4-15(16(17)18(24)25)33-13-6-11(8-30)5-12(23)7-13/h3-7,18H,9-10H2,1-2H3. The number of rotatable bonds is 3. The molecule has 1 heterocycles. The minimum absolute atomic E-state index is 0.208. The van der Waals surface area contributed by atoms with Gasteiger partial charge in [0.15, 0.2) is 0 Å². The summed E-state index contributed by atoms with van der Waals surface area (Å²) in [6.07, 6.45) is -3.57. The van der Waals surface area contributed by atoms with Crippen molar-refractivity contribution in [2.45, 2.75) is 37.9 Å². The maximum atomic E-state index is 15.1. The van der Waals surface area contributed by atoms with Crippen LogP contribution in [0, 0.1) is 22.6 Å². The highest BCUT2D eigenvalue weighted by Crippen LogP contribution is 2.66. The number of nitriles is 1. The van der Waals surface area contributed by atoms with Crippen LogP contribution >= 0.6 is 0 Å². The van der Waals surface area contributed by atoms with Crippen molar-refractivity contribution < 1.29 is 44.9 Å². The maximum Gasteiger partial charge on any atom is 0.371 e. The fraction of sp³-hybridized carbons (Fsp3) is 0.409. The first-order valence-electron chi connectivity index (χ1n) is 9.64. The van der Waals surface area contributed by atoms with Crippen LogP contribution in [0.15, 0.2) is 30.3 Å². The Kier molecular flexibility index (Phi) is 5.18. The maximum absolute atomic E-state index is 15.1. The van der Waals surface area contributed by atoms with Crippen LogP contribution in [0.2, 0.25) is 0 Å². The molecule has 0 amide bonds. The molecular formula is C22H16F7NO3. The molecule has 1 fully saturated rings. The van der Waals surface area contributed by atoms with E-state index in [1.165, 1.54) is 0 Å². The molecule has 0 radical (unpaired) electrons. The van der Waals surface area contributed by atoms with E-state index in [4.69, 9.17) is 19.5 Å². The Morgan fingerprint density at radius 2 is 1.67 bits per heavy atom. The molecule has 1 spiro atoms. The zero-order valence-corrected chi connectivity index (χ0v) is 17.2. The molecule has 2 aromatic rings. The van der Waals surface area contributed by atoms with Crippen molar-refractivity contribution in [1.29, 1.82) is 5.26 Å². The lowest BCUT2D eigenvalue weighted by atomic mass is 9.91. The lowest BCUT2D eigenvalue weighted by molar-refractivity contribution is -0.415. The molecule has 2 aromatic carbocycles. The summed E-state index contributed by atoms with van der Waals surface area (Å²) in [5.74, 6) is -15.5. The normalized spacial score (nSPS) is 21.6. The summed E-state index contributed by atoms with van der Waals surface area (Å²) in [5.41, 5.74) is -4.95. The fourth-order valence-electron chi connectivity index (χ4n) is 3.87. The van der Waals surface area contributed by atoms with Gasteiger partial charge in [0.1, 0.15) is 17.3 Å². The van der Waals surface area contributed by atoms with Gasteiger partial charge in [0, 0.05) is 22.6 Å². The Bertz CT molecular complexity index is 1150. The molecule has 4 nitrogen and oxygen atoms in total. The first-order valence-corrected chi connectivity index (χ1v) is 9.64. The van der Waals surface area contributed by atoms with E-state index < -0.39 is 76.7 Å². The van der Waals surface area contributed by atoms with Gasteiger partial charge in [-0.05, 0) is 24.3 Å². The number of alkyl halides is 6. The van der Waals surface area contributed by atoms with Crippen LogP contribution in [0.5, 0.6) is 11.5 Å². The zero-order chi connectivity index (χ0) is 24.4. The van der Waals surface area contributed by atoms with Gasteiger partial charge >= 0.3 is 11.8 Å². The van der Waals surface area contributed by atoms with Crippen molar-refractivity contribution in [3.8, 4) is 17.6 Å². The molecule has 0 N–H and O–H groups in total. The van der Waals surface area contributed by atoms with Gasteiger partial charge in [-0.25, -0.2) is 13.2 Å². The molecule has 33 heavy (non-hydrogen) atoms. The first-order chi connectivity index (χ1) is 15.3. The predicted octanol–water partition coefficient (Wildman–Crippen LogP) is 6.39. The molecular weight excluding hydrogens is 459 g/mol. The summed E-state index contributed by atoms with van der Waals surface area (Å²) in [6, 6.07) is 5.46. The number of ether oxygens (including phenoxy) is 3. The topological polar surface area (TPSA) is 51.5 Å². The van der Waals surface area contributed by atoms with E-state index in [1.807, 2.05) is 0 Å². The molecule has 2 aliphatic rings. The van der Waals surface area contributed by atoms with E-state index in [2.05, 4.69) is 0 Å². The van der Waals surface area contributed by atoms with Crippen LogP contribution in [0.25, 0.3) is 0 Å². The molecule has 0 saturated carbocycles. The number of hydrogen-bond acceptors (Lipinski definition) is 4. The average Bonchev–Trinajstić information content (AvgIpc) is 2.84. The van der Waals surface area contributed by atoms with Gasteiger partial charge < -0.3 is 14.2 Å². The summed E-state index contributed by atoms with van der Waals surface area (Å²) in [7, 11) is 0.